The van der Waals surface area contributed by atoms with E-state index in [4.69, 9.17) is 0 Å². The predicted octanol–water partition coefficient (Wildman–Crippen LogP) is 3.25. The van der Waals surface area contributed by atoms with E-state index >= 15 is 0 Å². The number of benzene rings is 1. The van der Waals surface area contributed by atoms with Gasteiger partial charge in [0.2, 0.25) is 5.91 Å². The maximum atomic E-state index is 12.1. The van der Waals surface area contributed by atoms with E-state index in [0.29, 0.717) is 12.5 Å². The van der Waals surface area contributed by atoms with Gasteiger partial charge in [-0.25, -0.2) is 4.98 Å². The van der Waals surface area contributed by atoms with Crippen LogP contribution in [0.1, 0.15) is 31.2 Å². The maximum Gasteiger partial charge on any atom is 0.220 e. The summed E-state index contributed by atoms with van der Waals surface area (Å²) >= 11 is 1.68. The zero-order valence-electron chi connectivity index (χ0n) is 13.3. The average Bonchev–Trinajstić information content (AvgIpc) is 3.11. The number of piperidine rings is 1. The molecular weight excluding hydrogens is 306 g/mol. The van der Waals surface area contributed by atoms with Crippen LogP contribution in [0.5, 0.6) is 0 Å². The topological polar surface area (TPSA) is 45.2 Å². The minimum atomic E-state index is 0.189. The molecule has 2 heterocycles. The summed E-state index contributed by atoms with van der Waals surface area (Å²) in [5.41, 5.74) is 1.30. The fourth-order valence-electron chi connectivity index (χ4n) is 2.98. The van der Waals surface area contributed by atoms with Crippen LogP contribution in [-0.2, 0) is 11.2 Å². The van der Waals surface area contributed by atoms with Gasteiger partial charge in [0.25, 0.3) is 0 Å². The SMILES string of the molecule is O=C(CCCc1ccccc1)NC1CCN(c2nccs2)CC1. The summed E-state index contributed by atoms with van der Waals surface area (Å²) in [4.78, 5) is 18.7. The lowest BCUT2D eigenvalue weighted by molar-refractivity contribution is -0.122. The van der Waals surface area contributed by atoms with Gasteiger partial charge in [0.15, 0.2) is 5.13 Å². The first-order valence-corrected chi connectivity index (χ1v) is 9.17. The molecule has 0 unspecified atom stereocenters. The molecule has 1 saturated heterocycles. The molecule has 1 aliphatic rings. The van der Waals surface area contributed by atoms with Crippen LogP contribution in [0.25, 0.3) is 0 Å². The van der Waals surface area contributed by atoms with Gasteiger partial charge in [-0.05, 0) is 31.2 Å². The molecule has 2 aromatic rings. The number of nitrogens with zero attached hydrogens (tertiary/aromatic N) is 2. The molecule has 0 aliphatic carbocycles. The van der Waals surface area contributed by atoms with Crippen LogP contribution in [0.15, 0.2) is 41.9 Å². The lowest BCUT2D eigenvalue weighted by atomic mass is 10.0. The van der Waals surface area contributed by atoms with Crippen LogP contribution in [-0.4, -0.2) is 30.0 Å². The molecule has 5 heteroatoms. The number of hydrogen-bond acceptors (Lipinski definition) is 4. The Bertz CT molecular complexity index is 592. The highest BCUT2D eigenvalue weighted by Crippen LogP contribution is 2.22. The third-order valence-electron chi connectivity index (χ3n) is 4.26. The lowest BCUT2D eigenvalue weighted by Crippen LogP contribution is -2.44. The molecule has 23 heavy (non-hydrogen) atoms. The van der Waals surface area contributed by atoms with Crippen LogP contribution < -0.4 is 10.2 Å². The smallest absolute Gasteiger partial charge is 0.220 e. The second kappa shape index (κ2) is 8.11. The fourth-order valence-corrected chi connectivity index (χ4v) is 3.68. The van der Waals surface area contributed by atoms with Gasteiger partial charge in [0.05, 0.1) is 0 Å². The summed E-state index contributed by atoms with van der Waals surface area (Å²) in [6.45, 7) is 1.95. The summed E-state index contributed by atoms with van der Waals surface area (Å²) < 4.78 is 0. The number of anilines is 1. The van der Waals surface area contributed by atoms with E-state index in [2.05, 4.69) is 27.3 Å². The van der Waals surface area contributed by atoms with Crippen molar-refractivity contribution in [2.75, 3.05) is 18.0 Å². The quantitative estimate of drug-likeness (QED) is 0.885. The van der Waals surface area contributed by atoms with Crippen molar-refractivity contribution < 1.29 is 4.79 Å². The molecule has 3 rings (SSSR count). The highest BCUT2D eigenvalue weighted by Gasteiger charge is 2.21. The molecule has 0 spiro atoms. The maximum absolute atomic E-state index is 12.1. The van der Waals surface area contributed by atoms with Crippen molar-refractivity contribution in [1.82, 2.24) is 10.3 Å². The number of rotatable bonds is 6. The van der Waals surface area contributed by atoms with Crippen molar-refractivity contribution in [2.45, 2.75) is 38.1 Å². The lowest BCUT2D eigenvalue weighted by Gasteiger charge is -2.32. The third-order valence-corrected chi connectivity index (χ3v) is 5.09. The first kappa shape index (κ1) is 16.0. The summed E-state index contributed by atoms with van der Waals surface area (Å²) in [5, 5.41) is 6.29. The summed E-state index contributed by atoms with van der Waals surface area (Å²) in [6.07, 6.45) is 6.35. The van der Waals surface area contributed by atoms with Crippen LogP contribution >= 0.6 is 11.3 Å². The van der Waals surface area contributed by atoms with Crippen molar-refractivity contribution in [3.05, 3.63) is 47.5 Å². The number of aryl methyl sites for hydroxylation is 1. The summed E-state index contributed by atoms with van der Waals surface area (Å²) in [6, 6.07) is 10.7. The molecule has 0 saturated carbocycles. The van der Waals surface area contributed by atoms with Gasteiger partial charge < -0.3 is 10.2 Å². The van der Waals surface area contributed by atoms with E-state index in [9.17, 15) is 4.79 Å². The van der Waals surface area contributed by atoms with Crippen molar-refractivity contribution in [2.24, 2.45) is 0 Å². The molecule has 0 radical (unpaired) electrons. The Hall–Kier alpha value is -1.88. The van der Waals surface area contributed by atoms with Gasteiger partial charge in [-0.3, -0.25) is 4.79 Å². The van der Waals surface area contributed by atoms with E-state index in [0.717, 1.165) is 43.9 Å². The standard InChI is InChI=1S/C18H23N3OS/c22-17(8-4-7-15-5-2-1-3-6-15)20-16-9-12-21(13-10-16)18-19-11-14-23-18/h1-3,5-6,11,14,16H,4,7-10,12-13H2,(H,20,22). The summed E-state index contributed by atoms with van der Waals surface area (Å²) in [7, 11) is 0. The number of hydrogen-bond donors (Lipinski definition) is 1. The van der Waals surface area contributed by atoms with Gasteiger partial charge in [-0.15, -0.1) is 11.3 Å². The van der Waals surface area contributed by atoms with Crippen molar-refractivity contribution >= 4 is 22.4 Å². The number of carbonyl (C=O) groups excluding carboxylic acids is 1. The molecule has 1 aliphatic heterocycles. The fraction of sp³-hybridized carbons (Fsp3) is 0.444. The first-order chi connectivity index (χ1) is 11.3. The predicted molar refractivity (Wildman–Crippen MR) is 94.9 cm³/mol. The van der Waals surface area contributed by atoms with Crippen LogP contribution in [0.4, 0.5) is 5.13 Å². The molecule has 0 atom stereocenters. The third kappa shape index (κ3) is 4.79. The van der Waals surface area contributed by atoms with Gasteiger partial charge in [-0.1, -0.05) is 30.3 Å². The zero-order valence-corrected chi connectivity index (χ0v) is 14.1. The second-order valence-electron chi connectivity index (χ2n) is 5.98. The van der Waals surface area contributed by atoms with Crippen molar-refractivity contribution in [1.29, 1.82) is 0 Å². The van der Waals surface area contributed by atoms with E-state index < -0.39 is 0 Å². The molecule has 1 N–H and O–H groups in total. The monoisotopic (exact) mass is 329 g/mol. The Morgan fingerprint density at radius 3 is 2.74 bits per heavy atom. The van der Waals surface area contributed by atoms with Gasteiger partial charge in [0, 0.05) is 37.1 Å². The van der Waals surface area contributed by atoms with E-state index in [1.54, 1.807) is 11.3 Å². The molecule has 1 aromatic carbocycles. The van der Waals surface area contributed by atoms with Gasteiger partial charge in [0.1, 0.15) is 0 Å². The first-order valence-electron chi connectivity index (χ1n) is 8.29. The molecule has 1 fully saturated rings. The van der Waals surface area contributed by atoms with Crippen molar-refractivity contribution in [3.63, 3.8) is 0 Å². The van der Waals surface area contributed by atoms with Crippen LogP contribution in [0, 0.1) is 0 Å². The second-order valence-corrected chi connectivity index (χ2v) is 6.86. The molecule has 0 bridgehead atoms. The summed E-state index contributed by atoms with van der Waals surface area (Å²) in [5.74, 6) is 0.189. The minimum Gasteiger partial charge on any atom is -0.353 e. The number of nitrogens with one attached hydrogen (secondary N) is 1. The highest BCUT2D eigenvalue weighted by molar-refractivity contribution is 7.13. The Morgan fingerprint density at radius 1 is 1.26 bits per heavy atom. The van der Waals surface area contributed by atoms with E-state index in [1.807, 2.05) is 29.8 Å². The van der Waals surface area contributed by atoms with Gasteiger partial charge >= 0.3 is 0 Å². The minimum absolute atomic E-state index is 0.189. The van der Waals surface area contributed by atoms with E-state index in [-0.39, 0.29) is 5.91 Å². The Kier molecular flexibility index (Phi) is 5.64. The Balaban J connectivity index is 1.34. The highest BCUT2D eigenvalue weighted by atomic mass is 32.1. The van der Waals surface area contributed by atoms with Crippen molar-refractivity contribution in [3.8, 4) is 0 Å². The van der Waals surface area contributed by atoms with Crippen LogP contribution in [0.3, 0.4) is 0 Å². The Morgan fingerprint density at radius 2 is 2.04 bits per heavy atom. The van der Waals surface area contributed by atoms with Gasteiger partial charge in [-0.2, -0.15) is 0 Å². The normalized spacial score (nSPS) is 15.6. The molecule has 1 amide bonds. The zero-order chi connectivity index (χ0) is 15.9. The largest absolute Gasteiger partial charge is 0.353 e. The molecule has 4 nitrogen and oxygen atoms in total. The number of thiazole rings is 1. The Labute approximate surface area is 141 Å². The average molecular weight is 329 g/mol. The molecule has 122 valence electrons. The number of amides is 1. The molecule has 1 aromatic heterocycles. The molecular formula is C18H23N3OS. The number of aromatic nitrogens is 1. The van der Waals surface area contributed by atoms with E-state index in [1.165, 1.54) is 5.56 Å². The van der Waals surface area contributed by atoms with Crippen LogP contribution in [0.2, 0.25) is 0 Å². The number of carbonyl (C=O) groups is 1.